The number of hydrogen-bond donors (Lipinski definition) is 11. The molecule has 1 fully saturated rings. The number of aromatic nitrogens is 1. The van der Waals surface area contributed by atoms with E-state index < -0.39 is 121 Å². The van der Waals surface area contributed by atoms with Crippen LogP contribution in [0.3, 0.4) is 0 Å². The van der Waals surface area contributed by atoms with Gasteiger partial charge in [-0.1, -0.05) is 67.5 Å². The normalized spacial score (nSPS) is 22.0. The molecule has 0 bridgehead atoms. The number of benzene rings is 1. The van der Waals surface area contributed by atoms with Crippen molar-refractivity contribution in [3.63, 3.8) is 0 Å². The highest BCUT2D eigenvalue weighted by Crippen LogP contribution is 2.24. The van der Waals surface area contributed by atoms with Crippen molar-refractivity contribution in [1.82, 2.24) is 42.2 Å². The molecule has 1 aliphatic rings. The predicted octanol–water partition coefficient (Wildman–Crippen LogP) is -1.44. The number of primary amides is 1. The first kappa shape index (κ1) is 49.0. The van der Waals surface area contributed by atoms with E-state index in [0.29, 0.717) is 5.69 Å². The Morgan fingerprint density at radius 2 is 1.47 bits per heavy atom. The van der Waals surface area contributed by atoms with E-state index in [-0.39, 0.29) is 30.3 Å². The Morgan fingerprint density at radius 3 is 2.07 bits per heavy atom. The van der Waals surface area contributed by atoms with Crippen molar-refractivity contribution in [2.75, 3.05) is 18.1 Å². The number of fused-ring (bicyclic) bond motifs is 1. The van der Waals surface area contributed by atoms with E-state index in [1.165, 1.54) is 6.92 Å². The van der Waals surface area contributed by atoms with E-state index in [1.807, 2.05) is 24.3 Å². The Morgan fingerprint density at radius 1 is 0.850 bits per heavy atom. The van der Waals surface area contributed by atoms with E-state index >= 15 is 0 Å². The summed E-state index contributed by atoms with van der Waals surface area (Å²) < 4.78 is 0. The molecule has 0 aliphatic carbocycles. The lowest BCUT2D eigenvalue weighted by molar-refractivity contribution is -0.139. The number of H-pyrrole nitrogens is 1. The lowest BCUT2D eigenvalue weighted by Crippen LogP contribution is -2.61. The van der Waals surface area contributed by atoms with Crippen LogP contribution in [0.5, 0.6) is 0 Å². The van der Waals surface area contributed by atoms with Gasteiger partial charge >= 0.3 is 5.97 Å². The molecule has 330 valence electrons. The summed E-state index contributed by atoms with van der Waals surface area (Å²) in [7, 11) is 2.01. The van der Waals surface area contributed by atoms with E-state index in [1.54, 1.807) is 33.8 Å². The van der Waals surface area contributed by atoms with Crippen molar-refractivity contribution in [1.29, 1.82) is 0 Å². The second kappa shape index (κ2) is 23.4. The molecule has 0 radical (unpaired) electrons. The van der Waals surface area contributed by atoms with Gasteiger partial charge in [0.1, 0.15) is 42.3 Å². The maximum atomic E-state index is 14.0. The summed E-state index contributed by atoms with van der Waals surface area (Å²) in [4.78, 5) is 121. The second-order valence-corrected chi connectivity index (χ2v) is 17.6. The fourth-order valence-corrected chi connectivity index (χ4v) is 8.42. The predicted molar refractivity (Wildman–Crippen MR) is 224 cm³/mol. The van der Waals surface area contributed by atoms with E-state index in [9.17, 15) is 53.4 Å². The number of carboxylic acids is 1. The molecule has 12 N–H and O–H groups in total. The number of carboxylic acid groups (broad SMARTS) is 1. The SMILES string of the molecule is CC(=O)N[C@H](C(=O)N[C@H]1CSSC[C@@H](C(=O)N[C@@H](Cc2cc3ccccc3[nH]2)C(N)=O)NC(=O)[C@H](CC(C)C)NC(=O)[C@H](CCC(=O)O)NC(=O)[C@H](CO)NC1=O)C(C)C. The number of amides is 8. The van der Waals surface area contributed by atoms with Crippen LogP contribution in [-0.2, 0) is 49.6 Å². The number of rotatable bonds is 15. The van der Waals surface area contributed by atoms with Gasteiger partial charge in [-0.3, -0.25) is 43.2 Å². The van der Waals surface area contributed by atoms with Crippen LogP contribution in [-0.4, -0.2) is 129 Å². The summed E-state index contributed by atoms with van der Waals surface area (Å²) in [5, 5.41) is 38.0. The van der Waals surface area contributed by atoms with Crippen molar-refractivity contribution in [3.05, 3.63) is 36.0 Å². The summed E-state index contributed by atoms with van der Waals surface area (Å²) in [5.74, 6) is -8.97. The number of aliphatic hydroxyl groups is 1. The summed E-state index contributed by atoms with van der Waals surface area (Å²) in [5.41, 5.74) is 7.11. The third-order valence-electron chi connectivity index (χ3n) is 9.23. The lowest BCUT2D eigenvalue weighted by atomic mass is 10.0. The van der Waals surface area contributed by atoms with Gasteiger partial charge in [0.15, 0.2) is 0 Å². The van der Waals surface area contributed by atoms with Crippen molar-refractivity contribution >= 4 is 85.7 Å². The number of carbonyl (C=O) groups is 9. The van der Waals surface area contributed by atoms with Gasteiger partial charge in [0, 0.05) is 42.5 Å². The van der Waals surface area contributed by atoms with Crippen LogP contribution in [0, 0.1) is 11.8 Å². The Hall–Kier alpha value is -5.35. The standard InChI is InChI=1S/C38H55N9O11S2/c1-18(2)12-26-34(54)46-28(36(56)43-25(32(39)52)14-22-13-21-8-6-7-9-23(21)41-22)16-59-60-17-29(47-38(58)31(19(3)4)40-20(5)49)37(57)45-27(15-48)35(55)42-24(33(53)44-26)10-11-30(50)51/h6-9,13,18-19,24-29,31,41,48H,10-12,14-17H2,1-5H3,(H2,39,52)(H,40,49)(H,42,55)(H,43,56)(H,44,53)(H,45,57)(H,46,54)(H,47,58)(H,50,51)/t24-,25-,26-,27-,28-,29-,31-/m0/s1. The Bertz CT molecular complexity index is 1860. The largest absolute Gasteiger partial charge is 0.481 e. The molecule has 1 saturated heterocycles. The fraction of sp³-hybridized carbons (Fsp3) is 0.553. The molecular weight excluding hydrogens is 823 g/mol. The highest BCUT2D eigenvalue weighted by Gasteiger charge is 2.35. The number of aromatic amines is 1. The quantitative estimate of drug-likeness (QED) is 0.0916. The highest BCUT2D eigenvalue weighted by molar-refractivity contribution is 8.76. The molecule has 1 aliphatic heterocycles. The maximum Gasteiger partial charge on any atom is 0.303 e. The highest BCUT2D eigenvalue weighted by atomic mass is 33.1. The fourth-order valence-electron chi connectivity index (χ4n) is 6.09. The average molecular weight is 878 g/mol. The molecule has 7 atom stereocenters. The number of aliphatic hydroxyl groups excluding tert-OH is 1. The van der Waals surface area contributed by atoms with Crippen molar-refractivity contribution < 1.29 is 53.4 Å². The smallest absolute Gasteiger partial charge is 0.303 e. The second-order valence-electron chi connectivity index (χ2n) is 15.1. The molecular formula is C38H55N9O11S2. The molecule has 1 aromatic heterocycles. The number of nitrogens with two attached hydrogens (primary N) is 1. The zero-order chi connectivity index (χ0) is 44.7. The lowest BCUT2D eigenvalue weighted by Gasteiger charge is -2.27. The zero-order valence-corrected chi connectivity index (χ0v) is 35.6. The topological polar surface area (TPSA) is 320 Å². The number of nitrogens with one attached hydrogen (secondary N) is 8. The van der Waals surface area contributed by atoms with Gasteiger partial charge in [-0.15, -0.1) is 0 Å². The van der Waals surface area contributed by atoms with Crippen molar-refractivity contribution in [3.8, 4) is 0 Å². The van der Waals surface area contributed by atoms with Crippen LogP contribution in [0.15, 0.2) is 30.3 Å². The minimum atomic E-state index is -1.67. The van der Waals surface area contributed by atoms with Crippen LogP contribution < -0.4 is 43.0 Å². The van der Waals surface area contributed by atoms with Gasteiger partial charge in [-0.25, -0.2) is 0 Å². The number of para-hydroxylation sites is 1. The Kier molecular flexibility index (Phi) is 19.2. The molecule has 0 unspecified atom stereocenters. The van der Waals surface area contributed by atoms with Crippen LogP contribution in [0.4, 0.5) is 0 Å². The molecule has 2 heterocycles. The summed E-state index contributed by atoms with van der Waals surface area (Å²) in [6, 6.07) is -0.415. The first-order chi connectivity index (χ1) is 28.3. The van der Waals surface area contributed by atoms with Crippen LogP contribution in [0.2, 0.25) is 0 Å². The molecule has 3 rings (SSSR count). The molecule has 8 amide bonds. The van der Waals surface area contributed by atoms with E-state index in [4.69, 9.17) is 5.73 Å². The van der Waals surface area contributed by atoms with Crippen LogP contribution >= 0.6 is 21.6 Å². The monoisotopic (exact) mass is 877 g/mol. The minimum Gasteiger partial charge on any atom is -0.481 e. The zero-order valence-electron chi connectivity index (χ0n) is 34.0. The summed E-state index contributed by atoms with van der Waals surface area (Å²) >= 11 is 0. The molecule has 60 heavy (non-hydrogen) atoms. The third kappa shape index (κ3) is 15.4. The number of hydrogen-bond acceptors (Lipinski definition) is 12. The number of aliphatic carboxylic acids is 1. The molecule has 1 aromatic carbocycles. The van der Waals surface area contributed by atoms with Gasteiger partial charge in [0.2, 0.25) is 47.3 Å². The molecule has 0 spiro atoms. The van der Waals surface area contributed by atoms with Gasteiger partial charge in [0.05, 0.1) is 6.61 Å². The molecule has 20 nitrogen and oxygen atoms in total. The molecule has 0 saturated carbocycles. The minimum absolute atomic E-state index is 0.0189. The Balaban J connectivity index is 2.01. The molecule has 2 aromatic rings. The maximum absolute atomic E-state index is 14.0. The first-order valence-electron chi connectivity index (χ1n) is 19.3. The van der Waals surface area contributed by atoms with Crippen molar-refractivity contribution in [2.24, 2.45) is 17.6 Å². The van der Waals surface area contributed by atoms with Gasteiger partial charge in [0.25, 0.3) is 0 Å². The average Bonchev–Trinajstić information content (AvgIpc) is 3.58. The van der Waals surface area contributed by atoms with E-state index in [0.717, 1.165) is 32.5 Å². The van der Waals surface area contributed by atoms with Crippen LogP contribution in [0.25, 0.3) is 10.9 Å². The van der Waals surface area contributed by atoms with Crippen molar-refractivity contribution in [2.45, 2.75) is 103 Å². The van der Waals surface area contributed by atoms with E-state index in [2.05, 4.69) is 42.2 Å². The van der Waals surface area contributed by atoms with Gasteiger partial charge in [-0.05, 0) is 42.2 Å². The van der Waals surface area contributed by atoms with Gasteiger partial charge < -0.3 is 58.1 Å². The Labute approximate surface area is 354 Å². The molecule has 22 heteroatoms. The number of carbonyl (C=O) groups excluding carboxylic acids is 8. The van der Waals surface area contributed by atoms with Gasteiger partial charge in [-0.2, -0.15) is 0 Å². The summed E-state index contributed by atoms with van der Waals surface area (Å²) in [6.45, 7) is 7.14. The van der Waals surface area contributed by atoms with Crippen LogP contribution in [0.1, 0.15) is 59.6 Å². The third-order valence-corrected chi connectivity index (χ3v) is 11.7. The first-order valence-corrected chi connectivity index (χ1v) is 21.8. The summed E-state index contributed by atoms with van der Waals surface area (Å²) in [6.07, 6.45) is -1.01.